The quantitative estimate of drug-likeness (QED) is 0.388. The predicted octanol–water partition coefficient (Wildman–Crippen LogP) is 1.17. The molecular formula is C18H19N7O3. The van der Waals surface area contributed by atoms with E-state index >= 15 is 0 Å². The molecule has 0 fully saturated rings. The number of carbonyl (C=O) groups excluding carboxylic acids is 1. The lowest BCUT2D eigenvalue weighted by atomic mass is 10.2. The highest BCUT2D eigenvalue weighted by molar-refractivity contribution is 5.98. The van der Waals surface area contributed by atoms with Gasteiger partial charge >= 0.3 is 0 Å². The van der Waals surface area contributed by atoms with E-state index in [4.69, 9.17) is 16.2 Å². The normalized spacial score (nSPS) is 10.3. The SMILES string of the molecule is NCCNc1nc(Nc2ccc(Oc3ccccc3)nc2)c(C(N)=O)c(=O)[nH]1. The van der Waals surface area contributed by atoms with Gasteiger partial charge in [0.1, 0.15) is 11.3 Å². The van der Waals surface area contributed by atoms with Crippen LogP contribution in [0.5, 0.6) is 11.6 Å². The third kappa shape index (κ3) is 4.62. The number of H-pyrrole nitrogens is 1. The second-order valence-corrected chi connectivity index (χ2v) is 5.64. The third-order valence-corrected chi connectivity index (χ3v) is 3.57. The van der Waals surface area contributed by atoms with Gasteiger partial charge in [-0.05, 0) is 18.2 Å². The van der Waals surface area contributed by atoms with Gasteiger partial charge in [0.15, 0.2) is 5.82 Å². The van der Waals surface area contributed by atoms with Crippen LogP contribution in [0.15, 0.2) is 53.5 Å². The van der Waals surface area contributed by atoms with E-state index in [1.54, 1.807) is 12.1 Å². The molecule has 2 aromatic heterocycles. The number of pyridine rings is 1. The number of ether oxygens (including phenoxy) is 1. The Morgan fingerprint density at radius 3 is 2.61 bits per heavy atom. The minimum atomic E-state index is -0.904. The summed E-state index contributed by atoms with van der Waals surface area (Å²) in [5, 5.41) is 5.73. The van der Waals surface area contributed by atoms with Crippen molar-refractivity contribution in [3.8, 4) is 11.6 Å². The third-order valence-electron chi connectivity index (χ3n) is 3.57. The summed E-state index contributed by atoms with van der Waals surface area (Å²) >= 11 is 0. The molecule has 2 heterocycles. The van der Waals surface area contributed by atoms with Gasteiger partial charge in [-0.25, -0.2) is 4.98 Å². The molecule has 0 atom stereocenters. The molecule has 1 aromatic carbocycles. The number of nitrogens with one attached hydrogen (secondary N) is 3. The van der Waals surface area contributed by atoms with Crippen molar-refractivity contribution < 1.29 is 9.53 Å². The number of aromatic nitrogens is 3. The number of nitrogens with two attached hydrogens (primary N) is 2. The number of nitrogens with zero attached hydrogens (tertiary/aromatic N) is 2. The van der Waals surface area contributed by atoms with Crippen LogP contribution < -0.4 is 32.4 Å². The number of anilines is 3. The Kier molecular flexibility index (Phi) is 5.82. The summed E-state index contributed by atoms with van der Waals surface area (Å²) in [6, 6.07) is 12.5. The lowest BCUT2D eigenvalue weighted by Crippen LogP contribution is -2.28. The Hall–Kier alpha value is -3.92. The smallest absolute Gasteiger partial charge is 0.267 e. The predicted molar refractivity (Wildman–Crippen MR) is 105 cm³/mol. The van der Waals surface area contributed by atoms with E-state index in [0.29, 0.717) is 30.4 Å². The molecule has 0 radical (unpaired) electrons. The van der Waals surface area contributed by atoms with E-state index in [9.17, 15) is 9.59 Å². The van der Waals surface area contributed by atoms with Gasteiger partial charge in [0.2, 0.25) is 11.8 Å². The highest BCUT2D eigenvalue weighted by Gasteiger charge is 2.17. The molecule has 1 amide bonds. The second-order valence-electron chi connectivity index (χ2n) is 5.64. The van der Waals surface area contributed by atoms with Crippen molar-refractivity contribution in [1.29, 1.82) is 0 Å². The minimum absolute atomic E-state index is 0.00861. The molecule has 0 saturated heterocycles. The molecule has 10 nitrogen and oxygen atoms in total. The van der Waals surface area contributed by atoms with Crippen LogP contribution in [0.4, 0.5) is 17.5 Å². The fourth-order valence-electron chi connectivity index (χ4n) is 2.33. The summed E-state index contributed by atoms with van der Waals surface area (Å²) in [4.78, 5) is 34.7. The summed E-state index contributed by atoms with van der Waals surface area (Å²) in [6.07, 6.45) is 1.49. The zero-order chi connectivity index (χ0) is 19.9. The molecular weight excluding hydrogens is 362 g/mol. The number of hydrogen-bond donors (Lipinski definition) is 5. The first-order valence-electron chi connectivity index (χ1n) is 8.41. The zero-order valence-corrected chi connectivity index (χ0v) is 14.8. The topological polar surface area (TPSA) is 161 Å². The van der Waals surface area contributed by atoms with Crippen LogP contribution in [-0.4, -0.2) is 33.9 Å². The van der Waals surface area contributed by atoms with Crippen LogP contribution in [0.25, 0.3) is 0 Å². The summed E-state index contributed by atoms with van der Waals surface area (Å²) in [5.41, 5.74) is 10.3. The van der Waals surface area contributed by atoms with Crippen LogP contribution in [0.3, 0.4) is 0 Å². The van der Waals surface area contributed by atoms with Gasteiger partial charge in [0.25, 0.3) is 11.5 Å². The summed E-state index contributed by atoms with van der Waals surface area (Å²) < 4.78 is 5.62. The van der Waals surface area contributed by atoms with Gasteiger partial charge in [-0.2, -0.15) is 4.98 Å². The van der Waals surface area contributed by atoms with E-state index in [-0.39, 0.29) is 17.3 Å². The molecule has 0 unspecified atom stereocenters. The number of benzene rings is 1. The molecule has 0 aliphatic heterocycles. The number of rotatable bonds is 8. The molecule has 28 heavy (non-hydrogen) atoms. The molecule has 10 heteroatoms. The van der Waals surface area contributed by atoms with Crippen molar-refractivity contribution >= 4 is 23.4 Å². The van der Waals surface area contributed by atoms with Crippen LogP contribution in [0.1, 0.15) is 10.4 Å². The molecule has 0 bridgehead atoms. The Balaban J connectivity index is 1.82. The Morgan fingerprint density at radius 2 is 1.96 bits per heavy atom. The fraction of sp³-hybridized carbons (Fsp3) is 0.111. The lowest BCUT2D eigenvalue weighted by Gasteiger charge is -2.11. The summed E-state index contributed by atoms with van der Waals surface area (Å²) in [7, 11) is 0. The van der Waals surface area contributed by atoms with Gasteiger partial charge in [0, 0.05) is 19.2 Å². The standard InChI is InChI=1S/C18H19N7O3/c19-8-9-21-18-24-16(14(15(20)26)17(27)25-18)23-11-6-7-13(22-10-11)28-12-4-2-1-3-5-12/h1-7,10H,8-9,19H2,(H2,20,26)(H3,21,23,24,25,27). The molecule has 0 saturated carbocycles. The first-order valence-corrected chi connectivity index (χ1v) is 8.41. The van der Waals surface area contributed by atoms with Crippen molar-refractivity contribution in [2.24, 2.45) is 11.5 Å². The lowest BCUT2D eigenvalue weighted by molar-refractivity contribution is 0.0999. The Bertz CT molecular complexity index is 1000. The Morgan fingerprint density at radius 1 is 1.18 bits per heavy atom. The highest BCUT2D eigenvalue weighted by atomic mass is 16.5. The monoisotopic (exact) mass is 381 g/mol. The van der Waals surface area contributed by atoms with E-state index in [1.165, 1.54) is 6.20 Å². The molecule has 3 aromatic rings. The van der Waals surface area contributed by atoms with E-state index < -0.39 is 11.5 Å². The molecule has 0 aliphatic carbocycles. The second kappa shape index (κ2) is 8.64. The average molecular weight is 381 g/mol. The number of carbonyl (C=O) groups is 1. The fourth-order valence-corrected chi connectivity index (χ4v) is 2.33. The van der Waals surface area contributed by atoms with Gasteiger partial charge in [0.05, 0.1) is 11.9 Å². The molecule has 0 aliphatic rings. The average Bonchev–Trinajstić information content (AvgIpc) is 2.68. The Labute approximate surface area is 160 Å². The van der Waals surface area contributed by atoms with Crippen molar-refractivity contribution in [3.63, 3.8) is 0 Å². The van der Waals surface area contributed by atoms with Crippen molar-refractivity contribution in [1.82, 2.24) is 15.0 Å². The number of amides is 1. The van der Waals surface area contributed by atoms with Gasteiger partial charge < -0.3 is 26.8 Å². The maximum Gasteiger partial charge on any atom is 0.267 e. The maximum atomic E-state index is 12.2. The van der Waals surface area contributed by atoms with E-state index in [2.05, 4.69) is 25.6 Å². The van der Waals surface area contributed by atoms with Crippen LogP contribution in [-0.2, 0) is 0 Å². The maximum absolute atomic E-state index is 12.2. The minimum Gasteiger partial charge on any atom is -0.439 e. The molecule has 144 valence electrons. The number of para-hydroxylation sites is 1. The summed E-state index contributed by atoms with van der Waals surface area (Å²) in [6.45, 7) is 0.738. The number of aromatic amines is 1. The van der Waals surface area contributed by atoms with Crippen molar-refractivity contribution in [3.05, 3.63) is 64.6 Å². The van der Waals surface area contributed by atoms with Gasteiger partial charge in [-0.15, -0.1) is 0 Å². The van der Waals surface area contributed by atoms with E-state index in [0.717, 1.165) is 0 Å². The number of hydrogen-bond acceptors (Lipinski definition) is 8. The first kappa shape index (κ1) is 18.9. The molecule has 0 spiro atoms. The van der Waals surface area contributed by atoms with Gasteiger partial charge in [-0.1, -0.05) is 18.2 Å². The largest absolute Gasteiger partial charge is 0.439 e. The van der Waals surface area contributed by atoms with Gasteiger partial charge in [-0.3, -0.25) is 14.6 Å². The molecule has 3 rings (SSSR count). The van der Waals surface area contributed by atoms with Crippen molar-refractivity contribution in [2.45, 2.75) is 0 Å². The van der Waals surface area contributed by atoms with Crippen LogP contribution in [0.2, 0.25) is 0 Å². The van der Waals surface area contributed by atoms with Crippen LogP contribution in [0, 0.1) is 0 Å². The highest BCUT2D eigenvalue weighted by Crippen LogP contribution is 2.22. The first-order chi connectivity index (χ1) is 13.6. The molecule has 7 N–H and O–H groups in total. The van der Waals surface area contributed by atoms with Crippen LogP contribution >= 0.6 is 0 Å². The number of primary amides is 1. The zero-order valence-electron chi connectivity index (χ0n) is 14.8. The van der Waals surface area contributed by atoms with E-state index in [1.807, 2.05) is 30.3 Å². The summed E-state index contributed by atoms with van der Waals surface area (Å²) in [5.74, 6) is 0.308. The van der Waals surface area contributed by atoms with Crippen molar-refractivity contribution in [2.75, 3.05) is 23.7 Å².